The summed E-state index contributed by atoms with van der Waals surface area (Å²) in [4.78, 5) is 19.4. The van der Waals surface area contributed by atoms with Crippen LogP contribution in [0.2, 0.25) is 0 Å². The van der Waals surface area contributed by atoms with Crippen LogP contribution in [0.25, 0.3) is 10.9 Å². The fourth-order valence-corrected chi connectivity index (χ4v) is 4.76. The monoisotopic (exact) mass is 436 g/mol. The number of fused-ring (bicyclic) bond motifs is 1. The highest BCUT2D eigenvalue weighted by Gasteiger charge is 2.20. The number of hydrogen-bond acceptors (Lipinski definition) is 4. The number of nitrogens with one attached hydrogen (secondary N) is 1. The van der Waals surface area contributed by atoms with E-state index in [4.69, 9.17) is 0 Å². The van der Waals surface area contributed by atoms with Crippen LogP contribution in [0.1, 0.15) is 34.5 Å². The number of hydrogen-bond donors (Lipinski definition) is 1. The topological polar surface area (TPSA) is 91.7 Å². The second-order valence-electron chi connectivity index (χ2n) is 7.82. The molecule has 3 aromatic rings. The highest BCUT2D eigenvalue weighted by Crippen LogP contribution is 2.23. The molecule has 0 aliphatic carbocycles. The number of aryl methyl sites for hydroxylation is 2. The minimum Gasteiger partial charge on any atom is -0.362 e. The summed E-state index contributed by atoms with van der Waals surface area (Å²) in [6.07, 6.45) is 1.56. The molecule has 1 amide bonds. The molecule has 4 rings (SSSR count). The standard InChI is InChI=1S/C23H24N4O3S/c1-15-6-11-21-19(13-15)20(14-16(2)24-21)23(28)25-17-7-9-18(10-8-17)31(29,30)26-22-5-4-12-27(22)3/h6-11,13-14H,4-5,12H2,1-3H3,(H,25,28)/b26-22+. The molecule has 0 unspecified atom stereocenters. The summed E-state index contributed by atoms with van der Waals surface area (Å²) in [5.41, 5.74) is 3.58. The van der Waals surface area contributed by atoms with Gasteiger partial charge in [-0.1, -0.05) is 11.6 Å². The van der Waals surface area contributed by atoms with Crippen molar-refractivity contribution in [1.82, 2.24) is 9.88 Å². The third-order valence-electron chi connectivity index (χ3n) is 5.31. The number of sulfonamides is 1. The van der Waals surface area contributed by atoms with E-state index in [-0.39, 0.29) is 10.8 Å². The van der Waals surface area contributed by atoms with Gasteiger partial charge in [0.1, 0.15) is 5.84 Å². The first-order chi connectivity index (χ1) is 14.7. The Bertz CT molecular complexity index is 1300. The summed E-state index contributed by atoms with van der Waals surface area (Å²) in [5.74, 6) is 0.303. The average Bonchev–Trinajstić information content (AvgIpc) is 3.12. The molecule has 8 heteroatoms. The van der Waals surface area contributed by atoms with Crippen molar-refractivity contribution >= 4 is 38.4 Å². The van der Waals surface area contributed by atoms with E-state index in [2.05, 4.69) is 14.7 Å². The zero-order valence-corrected chi connectivity index (χ0v) is 18.5. The summed E-state index contributed by atoms with van der Waals surface area (Å²) in [5, 5.41) is 3.63. The number of pyridine rings is 1. The van der Waals surface area contributed by atoms with E-state index in [1.807, 2.05) is 44.0 Å². The minimum atomic E-state index is -3.79. The predicted octanol–water partition coefficient (Wildman–Crippen LogP) is 3.92. The molecule has 1 aliphatic heterocycles. The summed E-state index contributed by atoms with van der Waals surface area (Å²) >= 11 is 0. The van der Waals surface area contributed by atoms with Crippen LogP contribution in [0.5, 0.6) is 0 Å². The molecule has 7 nitrogen and oxygen atoms in total. The number of benzene rings is 2. The van der Waals surface area contributed by atoms with Crippen molar-refractivity contribution in [3.63, 3.8) is 0 Å². The van der Waals surface area contributed by atoms with Crippen molar-refractivity contribution in [3.05, 3.63) is 65.4 Å². The van der Waals surface area contributed by atoms with Crippen LogP contribution in [0, 0.1) is 13.8 Å². The summed E-state index contributed by atoms with van der Waals surface area (Å²) in [6.45, 7) is 4.62. The van der Waals surface area contributed by atoms with E-state index in [1.165, 1.54) is 12.1 Å². The van der Waals surface area contributed by atoms with Crippen LogP contribution < -0.4 is 5.32 Å². The Labute approximate surface area is 181 Å². The van der Waals surface area contributed by atoms with E-state index < -0.39 is 10.0 Å². The van der Waals surface area contributed by atoms with Crippen molar-refractivity contribution in [2.45, 2.75) is 31.6 Å². The highest BCUT2D eigenvalue weighted by atomic mass is 32.2. The van der Waals surface area contributed by atoms with Gasteiger partial charge in [0.25, 0.3) is 15.9 Å². The number of likely N-dealkylation sites (tertiary alicyclic amines) is 1. The van der Waals surface area contributed by atoms with Gasteiger partial charge in [-0.05, 0) is 62.7 Å². The lowest BCUT2D eigenvalue weighted by Crippen LogP contribution is -2.20. The molecule has 31 heavy (non-hydrogen) atoms. The maximum atomic E-state index is 13.0. The molecule has 0 atom stereocenters. The van der Waals surface area contributed by atoms with Gasteiger partial charge in [0.15, 0.2) is 0 Å². The number of amidine groups is 1. The molecule has 1 aromatic heterocycles. The molecule has 1 saturated heterocycles. The third-order valence-corrected chi connectivity index (χ3v) is 6.63. The lowest BCUT2D eigenvalue weighted by molar-refractivity contribution is 0.102. The van der Waals surface area contributed by atoms with Crippen LogP contribution >= 0.6 is 0 Å². The number of anilines is 1. The van der Waals surface area contributed by atoms with Crippen molar-refractivity contribution in [1.29, 1.82) is 0 Å². The smallest absolute Gasteiger partial charge is 0.283 e. The van der Waals surface area contributed by atoms with Gasteiger partial charge in [0, 0.05) is 36.8 Å². The molecule has 0 saturated carbocycles. The van der Waals surface area contributed by atoms with Gasteiger partial charge in [-0.2, -0.15) is 8.42 Å². The molecule has 2 aromatic carbocycles. The molecule has 1 aliphatic rings. The Kier molecular flexibility index (Phi) is 5.49. The Balaban J connectivity index is 1.58. The molecule has 0 radical (unpaired) electrons. The third kappa shape index (κ3) is 4.44. The Morgan fingerprint density at radius 3 is 2.52 bits per heavy atom. The molecule has 1 fully saturated rings. The van der Waals surface area contributed by atoms with E-state index in [1.54, 1.807) is 18.2 Å². The summed E-state index contributed by atoms with van der Waals surface area (Å²) < 4.78 is 29.2. The maximum absolute atomic E-state index is 13.0. The van der Waals surface area contributed by atoms with Gasteiger partial charge in [0.05, 0.1) is 16.0 Å². The Morgan fingerprint density at radius 2 is 1.84 bits per heavy atom. The van der Waals surface area contributed by atoms with Crippen LogP contribution in [-0.2, 0) is 10.0 Å². The number of carbonyl (C=O) groups excluding carboxylic acids is 1. The number of aromatic nitrogens is 1. The molecule has 0 bridgehead atoms. The number of nitrogens with zero attached hydrogens (tertiary/aromatic N) is 3. The second kappa shape index (κ2) is 8.11. The molecule has 1 N–H and O–H groups in total. The fraction of sp³-hybridized carbons (Fsp3) is 0.261. The predicted molar refractivity (Wildman–Crippen MR) is 122 cm³/mol. The zero-order valence-electron chi connectivity index (χ0n) is 17.7. The van der Waals surface area contributed by atoms with Gasteiger partial charge in [0.2, 0.25) is 0 Å². The van der Waals surface area contributed by atoms with Gasteiger partial charge >= 0.3 is 0 Å². The van der Waals surface area contributed by atoms with Crippen LogP contribution in [0.3, 0.4) is 0 Å². The van der Waals surface area contributed by atoms with Gasteiger partial charge in [-0.3, -0.25) is 9.78 Å². The Hall–Kier alpha value is -3.26. The quantitative estimate of drug-likeness (QED) is 0.669. The van der Waals surface area contributed by atoms with Gasteiger partial charge < -0.3 is 10.2 Å². The number of rotatable bonds is 4. The lowest BCUT2D eigenvalue weighted by Gasteiger charge is -2.11. The van der Waals surface area contributed by atoms with Crippen molar-refractivity contribution < 1.29 is 13.2 Å². The molecular weight excluding hydrogens is 412 g/mol. The zero-order chi connectivity index (χ0) is 22.2. The van der Waals surface area contributed by atoms with E-state index in [0.717, 1.165) is 35.1 Å². The number of amides is 1. The lowest BCUT2D eigenvalue weighted by atomic mass is 10.0. The first-order valence-corrected chi connectivity index (χ1v) is 11.5. The Morgan fingerprint density at radius 1 is 1.10 bits per heavy atom. The second-order valence-corrected chi connectivity index (χ2v) is 9.42. The van der Waals surface area contributed by atoms with Crippen LogP contribution in [0.4, 0.5) is 5.69 Å². The van der Waals surface area contributed by atoms with E-state index in [9.17, 15) is 13.2 Å². The first-order valence-electron chi connectivity index (χ1n) is 10.1. The minimum absolute atomic E-state index is 0.0964. The SMILES string of the molecule is Cc1ccc2nc(C)cc(C(=O)Nc3ccc(S(=O)(=O)/N=C4\CCCN4C)cc3)c2c1. The van der Waals surface area contributed by atoms with Gasteiger partial charge in [-0.25, -0.2) is 0 Å². The van der Waals surface area contributed by atoms with Crippen molar-refractivity contribution in [2.75, 3.05) is 18.9 Å². The van der Waals surface area contributed by atoms with E-state index >= 15 is 0 Å². The first kappa shape index (κ1) is 21.0. The molecular formula is C23H24N4O3S. The van der Waals surface area contributed by atoms with Crippen LogP contribution in [-0.4, -0.2) is 43.6 Å². The highest BCUT2D eigenvalue weighted by molar-refractivity contribution is 7.90. The summed E-state index contributed by atoms with van der Waals surface area (Å²) in [6, 6.07) is 13.6. The molecule has 0 spiro atoms. The molecule has 2 heterocycles. The largest absolute Gasteiger partial charge is 0.362 e. The normalized spacial score (nSPS) is 15.6. The van der Waals surface area contributed by atoms with Crippen molar-refractivity contribution in [3.8, 4) is 0 Å². The van der Waals surface area contributed by atoms with Gasteiger partial charge in [-0.15, -0.1) is 4.40 Å². The fourth-order valence-electron chi connectivity index (χ4n) is 3.67. The molecule has 160 valence electrons. The van der Waals surface area contributed by atoms with Crippen LogP contribution in [0.15, 0.2) is 57.8 Å². The maximum Gasteiger partial charge on any atom is 0.283 e. The van der Waals surface area contributed by atoms with Crippen molar-refractivity contribution in [2.24, 2.45) is 4.40 Å². The summed E-state index contributed by atoms with van der Waals surface area (Å²) in [7, 11) is -1.95. The average molecular weight is 437 g/mol. The number of carbonyl (C=O) groups is 1. The van der Waals surface area contributed by atoms with E-state index in [0.29, 0.717) is 23.5 Å².